The topological polar surface area (TPSA) is 88.0 Å². The van der Waals surface area contributed by atoms with Crippen molar-refractivity contribution >= 4 is 36.7 Å². The zero-order valence-electron chi connectivity index (χ0n) is 22.0. The van der Waals surface area contributed by atoms with Crippen LogP contribution in [0.3, 0.4) is 0 Å². The van der Waals surface area contributed by atoms with Crippen LogP contribution in [-0.4, -0.2) is 52.1 Å². The van der Waals surface area contributed by atoms with Crippen molar-refractivity contribution in [2.45, 2.75) is 45.6 Å². The fourth-order valence-corrected chi connectivity index (χ4v) is 4.71. The number of aromatic nitrogens is 1. The largest absolute Gasteiger partial charge is 0.493 e. The molecule has 0 radical (unpaired) electrons. The average Bonchev–Trinajstić information content (AvgIpc) is 3.16. The van der Waals surface area contributed by atoms with Gasteiger partial charge in [0.25, 0.3) is 0 Å². The molecule has 1 heterocycles. The number of hydrogen-bond acceptors (Lipinski definition) is 6. The molecule has 0 aliphatic carbocycles. The highest BCUT2D eigenvalue weighted by atomic mass is 28.3. The lowest BCUT2D eigenvalue weighted by Gasteiger charge is -2.17. The lowest BCUT2D eigenvalue weighted by molar-refractivity contribution is -0.142. The Morgan fingerprint density at radius 1 is 1.03 bits per heavy atom. The summed E-state index contributed by atoms with van der Waals surface area (Å²) in [5, 5.41) is 3.55. The zero-order valence-corrected chi connectivity index (χ0v) is 23.0. The first-order valence-corrected chi connectivity index (χ1v) is 15.8. The van der Waals surface area contributed by atoms with Crippen LogP contribution >= 0.6 is 0 Å². The maximum atomic E-state index is 12.7. The van der Waals surface area contributed by atoms with E-state index < -0.39 is 14.2 Å². The first-order valence-electron chi connectivity index (χ1n) is 12.1. The maximum Gasteiger partial charge on any atom is 0.411 e. The number of nitrogens with one attached hydrogen (secondary N) is 1. The lowest BCUT2D eigenvalue weighted by Crippen LogP contribution is -2.24. The summed E-state index contributed by atoms with van der Waals surface area (Å²) in [4.78, 5) is 25.2. The van der Waals surface area contributed by atoms with Crippen molar-refractivity contribution in [3.8, 4) is 11.5 Å². The molecule has 0 unspecified atom stereocenters. The number of rotatable bonds is 11. The van der Waals surface area contributed by atoms with Crippen molar-refractivity contribution in [1.29, 1.82) is 0 Å². The number of methoxy groups -OCH3 is 2. The van der Waals surface area contributed by atoms with E-state index in [2.05, 4.69) is 25.0 Å². The van der Waals surface area contributed by atoms with Crippen LogP contribution < -0.4 is 14.8 Å². The highest BCUT2D eigenvalue weighted by Crippen LogP contribution is 2.43. The van der Waals surface area contributed by atoms with Gasteiger partial charge in [0, 0.05) is 32.3 Å². The summed E-state index contributed by atoms with van der Waals surface area (Å²) in [6.07, 6.45) is 1.39. The molecule has 0 saturated heterocycles. The summed E-state index contributed by atoms with van der Waals surface area (Å²) in [5.74, 6) is 0.614. The molecule has 0 saturated carbocycles. The van der Waals surface area contributed by atoms with Gasteiger partial charge in [0.1, 0.15) is 0 Å². The van der Waals surface area contributed by atoms with E-state index in [1.54, 1.807) is 27.2 Å². The number of carbonyl (C=O) groups excluding carboxylic acids is 2. The Labute approximate surface area is 213 Å². The molecule has 8 nitrogen and oxygen atoms in total. The van der Waals surface area contributed by atoms with Gasteiger partial charge in [-0.1, -0.05) is 50.0 Å². The van der Waals surface area contributed by atoms with Gasteiger partial charge in [0.05, 0.1) is 45.1 Å². The predicted molar refractivity (Wildman–Crippen MR) is 144 cm³/mol. The molecule has 9 heteroatoms. The standard InChI is InChI=1S/C27H36N2O6Si/c1-7-34-23(30)15-20-18-29(17-19-11-9-8-10-12-19)25-24(20)21(16-22(32-2)26(25)33-3)28-27(31)35-13-14-36(4,5)6/h8-12,16,18H,7,13-15,17H2,1-6H3,(H,28,31). The number of hydrogen-bond donors (Lipinski definition) is 1. The molecule has 3 rings (SSSR count). The smallest absolute Gasteiger partial charge is 0.411 e. The first-order chi connectivity index (χ1) is 17.2. The van der Waals surface area contributed by atoms with Gasteiger partial charge in [0.2, 0.25) is 0 Å². The Bertz CT molecular complexity index is 1200. The fourth-order valence-electron chi connectivity index (χ4n) is 3.99. The van der Waals surface area contributed by atoms with E-state index in [-0.39, 0.29) is 19.0 Å². The second-order valence-electron chi connectivity index (χ2n) is 9.70. The molecule has 0 aliphatic heterocycles. The maximum absolute atomic E-state index is 12.7. The molecular weight excluding hydrogens is 476 g/mol. The number of carbonyl (C=O) groups is 2. The van der Waals surface area contributed by atoms with Gasteiger partial charge in [-0.2, -0.15) is 0 Å². The molecule has 194 valence electrons. The predicted octanol–water partition coefficient (Wildman–Crippen LogP) is 5.70. The molecule has 36 heavy (non-hydrogen) atoms. The third-order valence-corrected chi connectivity index (χ3v) is 7.43. The Morgan fingerprint density at radius 3 is 2.36 bits per heavy atom. The normalized spacial score (nSPS) is 11.3. The summed E-state index contributed by atoms with van der Waals surface area (Å²) in [6.45, 7) is 9.61. The van der Waals surface area contributed by atoms with Crippen LogP contribution in [-0.2, 0) is 27.2 Å². The van der Waals surface area contributed by atoms with Crippen LogP contribution in [0.2, 0.25) is 25.7 Å². The Hall–Kier alpha value is -3.46. The van der Waals surface area contributed by atoms with E-state index in [1.165, 1.54) is 0 Å². The number of amides is 1. The van der Waals surface area contributed by atoms with E-state index in [1.807, 2.05) is 41.1 Å². The van der Waals surface area contributed by atoms with Gasteiger partial charge in [-0.3, -0.25) is 10.1 Å². The minimum absolute atomic E-state index is 0.0426. The summed E-state index contributed by atoms with van der Waals surface area (Å²) in [6, 6.07) is 12.5. The summed E-state index contributed by atoms with van der Waals surface area (Å²) in [7, 11) is 1.76. The van der Waals surface area contributed by atoms with E-state index in [9.17, 15) is 9.59 Å². The van der Waals surface area contributed by atoms with Crippen molar-refractivity contribution < 1.29 is 28.5 Å². The number of nitrogens with zero attached hydrogens (tertiary/aromatic N) is 1. The molecule has 3 aromatic rings. The van der Waals surface area contributed by atoms with Crippen molar-refractivity contribution in [2.75, 3.05) is 32.8 Å². The molecule has 0 bridgehead atoms. The first kappa shape index (κ1) is 27.1. The molecular formula is C27H36N2O6Si. The average molecular weight is 513 g/mol. The van der Waals surface area contributed by atoms with Crippen LogP contribution in [0.5, 0.6) is 11.5 Å². The molecule has 1 aromatic heterocycles. The Kier molecular flexibility index (Phi) is 9.03. The molecule has 0 atom stereocenters. The van der Waals surface area contributed by atoms with Gasteiger partial charge in [-0.15, -0.1) is 0 Å². The Balaban J connectivity index is 2.11. The molecule has 1 amide bonds. The molecule has 0 aliphatic rings. The van der Waals surface area contributed by atoms with Crippen LogP contribution in [0.25, 0.3) is 10.9 Å². The molecule has 0 spiro atoms. The fraction of sp³-hybridized carbons (Fsp3) is 0.407. The summed E-state index contributed by atoms with van der Waals surface area (Å²) >= 11 is 0. The monoisotopic (exact) mass is 512 g/mol. The molecule has 1 N–H and O–H groups in total. The van der Waals surface area contributed by atoms with Gasteiger partial charge in [-0.05, 0) is 24.1 Å². The third-order valence-electron chi connectivity index (χ3n) is 5.72. The summed E-state index contributed by atoms with van der Waals surface area (Å²) < 4.78 is 24.1. The van der Waals surface area contributed by atoms with Crippen LogP contribution in [0.15, 0.2) is 42.6 Å². The van der Waals surface area contributed by atoms with Crippen LogP contribution in [0.4, 0.5) is 10.5 Å². The van der Waals surface area contributed by atoms with Crippen LogP contribution in [0.1, 0.15) is 18.1 Å². The quantitative estimate of drug-likeness (QED) is 0.262. The van der Waals surface area contributed by atoms with Crippen molar-refractivity contribution in [3.63, 3.8) is 0 Å². The van der Waals surface area contributed by atoms with Gasteiger partial charge < -0.3 is 23.5 Å². The van der Waals surface area contributed by atoms with Gasteiger partial charge >= 0.3 is 12.1 Å². The SMILES string of the molecule is CCOC(=O)Cc1cn(Cc2ccccc2)c2c(OC)c(OC)cc(NC(=O)OCC[Si](C)(C)C)c12. The second-order valence-corrected chi connectivity index (χ2v) is 15.3. The van der Waals surface area contributed by atoms with Crippen molar-refractivity contribution in [3.05, 3.63) is 53.7 Å². The Morgan fingerprint density at radius 2 is 1.75 bits per heavy atom. The minimum atomic E-state index is -1.35. The minimum Gasteiger partial charge on any atom is -0.493 e. The second kappa shape index (κ2) is 12.0. The highest BCUT2D eigenvalue weighted by molar-refractivity contribution is 6.76. The van der Waals surface area contributed by atoms with E-state index in [0.717, 1.165) is 11.6 Å². The molecule has 0 fully saturated rings. The number of esters is 1. The third kappa shape index (κ3) is 6.81. The van der Waals surface area contributed by atoms with Gasteiger partial charge in [-0.25, -0.2) is 4.79 Å². The van der Waals surface area contributed by atoms with E-state index in [0.29, 0.717) is 46.8 Å². The van der Waals surface area contributed by atoms with Crippen molar-refractivity contribution in [1.82, 2.24) is 4.57 Å². The number of fused-ring (bicyclic) bond motifs is 1. The zero-order chi connectivity index (χ0) is 26.3. The lowest BCUT2D eigenvalue weighted by atomic mass is 10.1. The van der Waals surface area contributed by atoms with Crippen LogP contribution in [0, 0.1) is 0 Å². The summed E-state index contributed by atoms with van der Waals surface area (Å²) in [5.41, 5.74) is 2.96. The van der Waals surface area contributed by atoms with E-state index >= 15 is 0 Å². The van der Waals surface area contributed by atoms with Gasteiger partial charge in [0.15, 0.2) is 11.5 Å². The number of anilines is 1. The molecule has 2 aromatic carbocycles. The number of ether oxygens (including phenoxy) is 4. The van der Waals surface area contributed by atoms with E-state index in [4.69, 9.17) is 18.9 Å². The van der Waals surface area contributed by atoms with Crippen molar-refractivity contribution in [2.24, 2.45) is 0 Å². The number of benzene rings is 2. The highest BCUT2D eigenvalue weighted by Gasteiger charge is 2.24.